The second kappa shape index (κ2) is 8.09. The number of allylic oxidation sites excluding steroid dienone is 3. The van der Waals surface area contributed by atoms with Crippen molar-refractivity contribution in [1.29, 1.82) is 0 Å². The van der Waals surface area contributed by atoms with Crippen LogP contribution in [0.15, 0.2) is 23.3 Å². The minimum atomic E-state index is -0.0882. The van der Waals surface area contributed by atoms with Crippen LogP contribution in [0.5, 0.6) is 0 Å². The fraction of sp³-hybridized carbons (Fsp3) is 0.862. The molecule has 4 aliphatic rings. The van der Waals surface area contributed by atoms with Crippen LogP contribution in [0.3, 0.4) is 0 Å². The second-order valence-electron chi connectivity index (χ2n) is 12.7. The lowest BCUT2D eigenvalue weighted by Gasteiger charge is -2.58. The van der Waals surface area contributed by atoms with Gasteiger partial charge in [0.15, 0.2) is 0 Å². The van der Waals surface area contributed by atoms with E-state index in [1.165, 1.54) is 38.5 Å². The van der Waals surface area contributed by atoms with Crippen molar-refractivity contribution < 1.29 is 5.11 Å². The van der Waals surface area contributed by atoms with Crippen molar-refractivity contribution in [3.63, 3.8) is 0 Å². The van der Waals surface area contributed by atoms with E-state index in [0.29, 0.717) is 22.7 Å². The first kappa shape index (κ1) is 22.6. The van der Waals surface area contributed by atoms with Gasteiger partial charge in [-0.05, 0) is 111 Å². The molecule has 30 heavy (non-hydrogen) atoms. The van der Waals surface area contributed by atoms with E-state index in [9.17, 15) is 5.11 Å². The molecule has 0 bridgehead atoms. The van der Waals surface area contributed by atoms with Crippen LogP contribution in [-0.4, -0.2) is 11.2 Å². The molecular weight excluding hydrogens is 364 g/mol. The summed E-state index contributed by atoms with van der Waals surface area (Å²) in [5.74, 6) is 5.61. The molecule has 4 rings (SSSR count). The number of aliphatic hydroxyl groups excluding tert-OH is 1. The first-order chi connectivity index (χ1) is 14.1. The summed E-state index contributed by atoms with van der Waals surface area (Å²) in [6, 6.07) is 0. The van der Waals surface area contributed by atoms with Gasteiger partial charge in [-0.1, -0.05) is 64.8 Å². The third-order valence-electron chi connectivity index (χ3n) is 11.0. The van der Waals surface area contributed by atoms with Crippen LogP contribution >= 0.6 is 0 Å². The fourth-order valence-corrected chi connectivity index (χ4v) is 8.75. The number of fused-ring (bicyclic) bond motifs is 5. The lowest BCUT2D eigenvalue weighted by atomic mass is 9.47. The number of aliphatic hydroxyl groups is 1. The maximum absolute atomic E-state index is 10.2. The molecule has 4 aliphatic carbocycles. The molecule has 0 spiro atoms. The highest BCUT2D eigenvalue weighted by Gasteiger charge is 2.59. The molecule has 0 aromatic heterocycles. The van der Waals surface area contributed by atoms with Crippen LogP contribution in [-0.2, 0) is 0 Å². The Morgan fingerprint density at radius 2 is 1.77 bits per heavy atom. The van der Waals surface area contributed by atoms with E-state index in [-0.39, 0.29) is 6.10 Å². The van der Waals surface area contributed by atoms with Gasteiger partial charge < -0.3 is 5.11 Å². The Morgan fingerprint density at radius 1 is 1.03 bits per heavy atom. The number of rotatable bonds is 4. The Hall–Kier alpha value is -0.560. The van der Waals surface area contributed by atoms with Crippen LogP contribution in [0.1, 0.15) is 99.8 Å². The quantitative estimate of drug-likeness (QED) is 0.467. The zero-order valence-corrected chi connectivity index (χ0v) is 20.9. The molecule has 0 aromatic rings. The van der Waals surface area contributed by atoms with Gasteiger partial charge in [-0.25, -0.2) is 0 Å². The molecule has 1 nitrogen and oxygen atoms in total. The summed E-state index contributed by atoms with van der Waals surface area (Å²) in [6.45, 7) is 17.2. The molecule has 0 heterocycles. The van der Waals surface area contributed by atoms with Gasteiger partial charge in [0.25, 0.3) is 0 Å². The Morgan fingerprint density at radius 3 is 2.47 bits per heavy atom. The van der Waals surface area contributed by atoms with E-state index in [0.717, 1.165) is 42.4 Å². The Labute approximate surface area is 186 Å². The van der Waals surface area contributed by atoms with E-state index < -0.39 is 0 Å². The molecule has 3 saturated carbocycles. The van der Waals surface area contributed by atoms with Crippen molar-refractivity contribution in [2.75, 3.05) is 0 Å². The predicted molar refractivity (Wildman–Crippen MR) is 128 cm³/mol. The van der Waals surface area contributed by atoms with Gasteiger partial charge in [0.05, 0.1) is 6.10 Å². The third kappa shape index (κ3) is 3.56. The lowest BCUT2D eigenvalue weighted by Crippen LogP contribution is -2.50. The first-order valence-electron chi connectivity index (χ1n) is 13.1. The maximum Gasteiger partial charge on any atom is 0.0577 e. The van der Waals surface area contributed by atoms with E-state index in [4.69, 9.17) is 0 Å². The zero-order chi connectivity index (χ0) is 21.8. The predicted octanol–water partition coefficient (Wildman–Crippen LogP) is 7.80. The largest absolute Gasteiger partial charge is 0.393 e. The van der Waals surface area contributed by atoms with E-state index in [1.54, 1.807) is 11.1 Å². The van der Waals surface area contributed by atoms with E-state index in [2.05, 4.69) is 60.6 Å². The SMILES string of the molecule is C/C(=C\[C@@H](C)[C@H]1CC[C@H]2[C@@H]3CC=C4C[C@@H](O)CC[C@]4(C)[C@H]3CC[C@]12C)[C@@H](C)C(C)C. The van der Waals surface area contributed by atoms with Crippen LogP contribution in [0, 0.1) is 52.3 Å². The highest BCUT2D eigenvalue weighted by molar-refractivity contribution is 5.25. The minimum Gasteiger partial charge on any atom is -0.393 e. The highest BCUT2D eigenvalue weighted by Crippen LogP contribution is 2.67. The number of hydrogen-bond donors (Lipinski definition) is 1. The van der Waals surface area contributed by atoms with Gasteiger partial charge in [-0.2, -0.15) is 0 Å². The molecule has 170 valence electrons. The summed E-state index contributed by atoms with van der Waals surface area (Å²) in [5, 5.41) is 10.2. The molecular formula is C29H48O. The van der Waals surface area contributed by atoms with Crippen molar-refractivity contribution in [2.24, 2.45) is 52.3 Å². The van der Waals surface area contributed by atoms with Crippen LogP contribution in [0.25, 0.3) is 0 Å². The molecule has 0 aliphatic heterocycles. The maximum atomic E-state index is 10.2. The van der Waals surface area contributed by atoms with Gasteiger partial charge in [-0.15, -0.1) is 0 Å². The van der Waals surface area contributed by atoms with Gasteiger partial charge in [-0.3, -0.25) is 0 Å². The van der Waals surface area contributed by atoms with Gasteiger partial charge in [0.1, 0.15) is 0 Å². The molecule has 0 radical (unpaired) electrons. The smallest absolute Gasteiger partial charge is 0.0577 e. The first-order valence-corrected chi connectivity index (χ1v) is 13.1. The monoisotopic (exact) mass is 412 g/mol. The molecule has 1 heteroatoms. The van der Waals surface area contributed by atoms with Crippen molar-refractivity contribution in [1.82, 2.24) is 0 Å². The van der Waals surface area contributed by atoms with Crippen molar-refractivity contribution in [3.05, 3.63) is 23.3 Å². The summed E-state index contributed by atoms with van der Waals surface area (Å²) in [4.78, 5) is 0. The summed E-state index contributed by atoms with van der Waals surface area (Å²) >= 11 is 0. The third-order valence-corrected chi connectivity index (χ3v) is 11.0. The number of hydrogen-bond acceptors (Lipinski definition) is 1. The van der Waals surface area contributed by atoms with E-state index in [1.807, 2.05) is 0 Å². The minimum absolute atomic E-state index is 0.0882. The topological polar surface area (TPSA) is 20.2 Å². The zero-order valence-electron chi connectivity index (χ0n) is 20.9. The normalized spacial score (nSPS) is 46.0. The highest BCUT2D eigenvalue weighted by atomic mass is 16.3. The van der Waals surface area contributed by atoms with Gasteiger partial charge >= 0.3 is 0 Å². The molecule has 0 aromatic carbocycles. The molecule has 9 atom stereocenters. The summed E-state index contributed by atoms with van der Waals surface area (Å²) in [6.07, 6.45) is 15.3. The van der Waals surface area contributed by atoms with Crippen LogP contribution in [0.2, 0.25) is 0 Å². The average Bonchev–Trinajstić information content (AvgIpc) is 3.05. The van der Waals surface area contributed by atoms with Crippen molar-refractivity contribution in [2.45, 2.75) is 106 Å². The molecule has 0 unspecified atom stereocenters. The second-order valence-corrected chi connectivity index (χ2v) is 12.7. The van der Waals surface area contributed by atoms with Crippen molar-refractivity contribution >= 4 is 0 Å². The Balaban J connectivity index is 1.55. The molecule has 0 amide bonds. The average molecular weight is 413 g/mol. The molecule has 3 fully saturated rings. The van der Waals surface area contributed by atoms with Crippen molar-refractivity contribution in [3.8, 4) is 0 Å². The Bertz CT molecular complexity index is 701. The summed E-state index contributed by atoms with van der Waals surface area (Å²) in [5.41, 5.74) is 4.11. The summed E-state index contributed by atoms with van der Waals surface area (Å²) in [7, 11) is 0. The van der Waals surface area contributed by atoms with Gasteiger partial charge in [0, 0.05) is 0 Å². The van der Waals surface area contributed by atoms with Crippen LogP contribution < -0.4 is 0 Å². The fourth-order valence-electron chi connectivity index (χ4n) is 8.75. The lowest BCUT2D eigenvalue weighted by molar-refractivity contribution is -0.0541. The summed E-state index contributed by atoms with van der Waals surface area (Å²) < 4.78 is 0. The molecule has 0 saturated heterocycles. The Kier molecular flexibility index (Phi) is 6.10. The van der Waals surface area contributed by atoms with Gasteiger partial charge in [0.2, 0.25) is 0 Å². The van der Waals surface area contributed by atoms with Crippen LogP contribution in [0.4, 0.5) is 0 Å². The standard InChI is InChI=1S/C29H48O/c1-18(2)21(5)19(3)16-20(4)25-10-11-26-24-9-8-22-17-23(30)12-14-28(22,6)27(24)13-15-29(25,26)7/h8,16,18,20-21,23-27,30H,9-15,17H2,1-7H3/b19-16+/t20-,21+,23+,24+,25-,26+,27+,28+,29-/m1/s1. The molecule has 1 N–H and O–H groups in total. The van der Waals surface area contributed by atoms with E-state index >= 15 is 0 Å².